The van der Waals surface area contributed by atoms with Gasteiger partial charge in [-0.05, 0) is 93.2 Å². The van der Waals surface area contributed by atoms with Crippen LogP contribution in [0.5, 0.6) is 0 Å². The molecule has 1 aromatic carbocycles. The largest absolute Gasteiger partial charge is 0.0721 e. The fraction of sp³-hybridized carbons (Fsp3) is 0.520. The molecule has 1 heteroatoms. The third-order valence-corrected chi connectivity index (χ3v) is 8.20. The molecule has 3 aliphatic rings. The van der Waals surface area contributed by atoms with Gasteiger partial charge in [-0.1, -0.05) is 49.3 Å². The summed E-state index contributed by atoms with van der Waals surface area (Å²) >= 11 is 0. The van der Waals surface area contributed by atoms with Crippen molar-refractivity contribution in [3.8, 4) is 0 Å². The Morgan fingerprint density at radius 1 is 0.923 bits per heavy atom. The zero-order valence-corrected chi connectivity index (χ0v) is 20.9. The predicted molar refractivity (Wildman–Crippen MR) is 109 cm³/mol. The number of aryl methyl sites for hydroxylation is 1. The van der Waals surface area contributed by atoms with E-state index < -0.39 is 0 Å². The van der Waals surface area contributed by atoms with Crippen LogP contribution in [0.4, 0.5) is 0 Å². The molecule has 0 N–H and O–H groups in total. The van der Waals surface area contributed by atoms with Crippen molar-refractivity contribution in [3.63, 3.8) is 0 Å². The van der Waals surface area contributed by atoms with Gasteiger partial charge in [0.1, 0.15) is 0 Å². The van der Waals surface area contributed by atoms with Crippen LogP contribution in [0.3, 0.4) is 0 Å². The molecule has 0 spiro atoms. The quantitative estimate of drug-likeness (QED) is 0.378. The second-order valence-corrected chi connectivity index (χ2v) is 8.66. The number of benzene rings is 1. The van der Waals surface area contributed by atoms with Crippen molar-refractivity contribution in [3.05, 3.63) is 62.8 Å². The van der Waals surface area contributed by atoms with Crippen LogP contribution in [0.2, 0.25) is 0 Å². The third-order valence-electron chi connectivity index (χ3n) is 8.20. The summed E-state index contributed by atoms with van der Waals surface area (Å²) in [6.07, 6.45) is 11.4. The number of rotatable bonds is 2. The van der Waals surface area contributed by atoms with Gasteiger partial charge >= 0.3 is 0 Å². The van der Waals surface area contributed by atoms with Gasteiger partial charge < -0.3 is 0 Å². The van der Waals surface area contributed by atoms with Crippen molar-refractivity contribution in [2.75, 3.05) is 0 Å². The molecule has 0 bridgehead atoms. The predicted octanol–water partition coefficient (Wildman–Crippen LogP) is 6.93. The van der Waals surface area contributed by atoms with Gasteiger partial charge in [0.15, 0.2) is 0 Å². The van der Waals surface area contributed by atoms with E-state index in [0.29, 0.717) is 0 Å². The molecule has 0 amide bonds. The minimum absolute atomic E-state index is 0. The van der Waals surface area contributed by atoms with Crippen LogP contribution >= 0.6 is 0 Å². The smallest absolute Gasteiger partial charge is 0.0270 e. The first-order chi connectivity index (χ1) is 11.9. The van der Waals surface area contributed by atoms with E-state index in [1.807, 2.05) is 0 Å². The first-order valence-electron chi connectivity index (χ1n) is 10.1. The summed E-state index contributed by atoms with van der Waals surface area (Å²) in [5.41, 5.74) is 12.8. The van der Waals surface area contributed by atoms with Gasteiger partial charge in [0.2, 0.25) is 0 Å². The molecule has 4 rings (SSSR count). The summed E-state index contributed by atoms with van der Waals surface area (Å²) in [6, 6.07) is 4.80. The Labute approximate surface area is 178 Å². The molecular formula is C25H32Hf. The second kappa shape index (κ2) is 6.73. The first kappa shape index (κ1) is 20.1. The van der Waals surface area contributed by atoms with Crippen molar-refractivity contribution in [2.24, 2.45) is 5.41 Å². The number of allylic oxidation sites excluding steroid dienone is 5. The van der Waals surface area contributed by atoms with E-state index in [1.165, 1.54) is 48.8 Å². The summed E-state index contributed by atoms with van der Waals surface area (Å²) in [5.74, 6) is 0. The molecule has 0 heterocycles. The molecule has 3 aliphatic carbocycles. The third kappa shape index (κ3) is 2.28. The normalized spacial score (nSPS) is 26.1. The van der Waals surface area contributed by atoms with Crippen molar-refractivity contribution >= 4 is 6.08 Å². The minimum atomic E-state index is 0. The van der Waals surface area contributed by atoms with Gasteiger partial charge in [-0.25, -0.2) is 0 Å². The molecule has 1 aromatic rings. The van der Waals surface area contributed by atoms with Crippen molar-refractivity contribution in [1.82, 2.24) is 0 Å². The Balaban J connectivity index is 0.00000196. The molecule has 26 heavy (non-hydrogen) atoms. The van der Waals surface area contributed by atoms with Gasteiger partial charge in [-0.2, -0.15) is 0 Å². The molecule has 0 aromatic heterocycles. The average molecular weight is 511 g/mol. The van der Waals surface area contributed by atoms with Crippen LogP contribution < -0.4 is 0 Å². The number of hydrogen-bond acceptors (Lipinski definition) is 0. The molecule has 1 unspecified atom stereocenters. The van der Waals surface area contributed by atoms with Crippen LogP contribution in [-0.2, 0) is 44.1 Å². The Kier molecular flexibility index (Phi) is 5.19. The van der Waals surface area contributed by atoms with Gasteiger partial charge in [0.05, 0.1) is 0 Å². The van der Waals surface area contributed by atoms with E-state index in [9.17, 15) is 0 Å². The summed E-state index contributed by atoms with van der Waals surface area (Å²) in [4.78, 5) is 0. The molecule has 0 radical (unpaired) electrons. The van der Waals surface area contributed by atoms with Crippen LogP contribution in [-0.4, -0.2) is 0 Å². The van der Waals surface area contributed by atoms with Crippen molar-refractivity contribution in [2.45, 2.75) is 79.1 Å². The Morgan fingerprint density at radius 3 is 2.15 bits per heavy atom. The standard InChI is InChI=1S/C25H32.Hf/c1-7-25(24(6)18(4)16(2)17(3)19(24)5)15-14-21-13-12-20-10-8-9-11-22(20)23(21)25;/h12-15H,7-11H2,1-6H3;. The van der Waals surface area contributed by atoms with Crippen LogP contribution in [0.15, 0.2) is 40.5 Å². The molecule has 0 fully saturated rings. The molecule has 0 aliphatic heterocycles. The van der Waals surface area contributed by atoms with Crippen LogP contribution in [0.25, 0.3) is 6.08 Å². The number of fused-ring (bicyclic) bond motifs is 3. The van der Waals surface area contributed by atoms with E-state index in [-0.39, 0.29) is 36.7 Å². The number of hydrogen-bond donors (Lipinski definition) is 0. The van der Waals surface area contributed by atoms with E-state index >= 15 is 0 Å². The Hall–Kier alpha value is -0.690. The molecule has 1 atom stereocenters. The van der Waals surface area contributed by atoms with Gasteiger partial charge in [0.25, 0.3) is 0 Å². The zero-order chi connectivity index (χ0) is 18.0. The van der Waals surface area contributed by atoms with Crippen LogP contribution in [0.1, 0.15) is 83.1 Å². The maximum Gasteiger partial charge on any atom is 0.0270 e. The van der Waals surface area contributed by atoms with Gasteiger partial charge in [0, 0.05) is 36.7 Å². The van der Waals surface area contributed by atoms with Gasteiger partial charge in [-0.15, -0.1) is 0 Å². The minimum Gasteiger partial charge on any atom is -0.0721 e. The molecule has 0 nitrogen and oxygen atoms in total. The topological polar surface area (TPSA) is 0 Å². The van der Waals surface area contributed by atoms with Crippen molar-refractivity contribution in [1.29, 1.82) is 0 Å². The maximum atomic E-state index is 2.56. The first-order valence-corrected chi connectivity index (χ1v) is 10.1. The summed E-state index contributed by atoms with van der Waals surface area (Å²) in [7, 11) is 0. The average Bonchev–Trinajstić information content (AvgIpc) is 3.11. The molecular weight excluding hydrogens is 479 g/mol. The molecule has 0 saturated carbocycles. The fourth-order valence-electron chi connectivity index (χ4n) is 6.15. The fourth-order valence-corrected chi connectivity index (χ4v) is 6.15. The van der Waals surface area contributed by atoms with E-state index in [2.05, 4.69) is 65.8 Å². The zero-order valence-electron chi connectivity index (χ0n) is 17.3. The van der Waals surface area contributed by atoms with E-state index in [0.717, 1.165) is 0 Å². The summed E-state index contributed by atoms with van der Waals surface area (Å²) in [6.45, 7) is 14.3. The van der Waals surface area contributed by atoms with Crippen LogP contribution in [0, 0.1) is 5.41 Å². The Bertz CT molecular complexity index is 825. The SMILES string of the molecule is CCC1(C2(C)C(C)=C(C)C(C)=C2C)C=Cc2ccc3c(c21)CCCC3.[Hf]. The van der Waals surface area contributed by atoms with Crippen molar-refractivity contribution < 1.29 is 25.8 Å². The summed E-state index contributed by atoms with van der Waals surface area (Å²) in [5, 5.41) is 0. The van der Waals surface area contributed by atoms with E-state index in [1.54, 1.807) is 27.8 Å². The molecule has 136 valence electrons. The Morgan fingerprint density at radius 2 is 1.54 bits per heavy atom. The maximum absolute atomic E-state index is 2.56. The van der Waals surface area contributed by atoms with E-state index in [4.69, 9.17) is 0 Å². The summed E-state index contributed by atoms with van der Waals surface area (Å²) < 4.78 is 0. The second-order valence-electron chi connectivity index (χ2n) is 8.66. The molecule has 0 saturated heterocycles. The monoisotopic (exact) mass is 512 g/mol. The van der Waals surface area contributed by atoms with Gasteiger partial charge in [-0.3, -0.25) is 0 Å².